The Hall–Kier alpha value is -3.32. The standard InChI is InChI=1S/C24H21N/c1-3-10-19(4-2)21-13-8-15-23(17-21)25-24-16-9-14-22(18-24)20-11-6-5-7-12-20/h3-18,25H,1-2H2/b19-10+. The second-order valence-electron chi connectivity index (χ2n) is 5.71. The number of allylic oxidation sites excluding steroid dienone is 4. The molecule has 0 unspecified atom stereocenters. The molecule has 0 aliphatic rings. The lowest BCUT2D eigenvalue weighted by Crippen LogP contribution is -1.92. The van der Waals surface area contributed by atoms with E-state index in [0.29, 0.717) is 0 Å². The molecule has 0 aromatic heterocycles. The van der Waals surface area contributed by atoms with Crippen LogP contribution < -0.4 is 5.32 Å². The monoisotopic (exact) mass is 323 g/mol. The smallest absolute Gasteiger partial charge is 0.0390 e. The van der Waals surface area contributed by atoms with E-state index >= 15 is 0 Å². The molecule has 3 aromatic carbocycles. The molecule has 0 amide bonds. The van der Waals surface area contributed by atoms with Crippen molar-refractivity contribution in [3.8, 4) is 11.1 Å². The first-order chi connectivity index (χ1) is 12.3. The van der Waals surface area contributed by atoms with Crippen LogP contribution >= 0.6 is 0 Å². The number of rotatable bonds is 6. The molecule has 1 nitrogen and oxygen atoms in total. The third kappa shape index (κ3) is 4.15. The molecule has 3 aromatic rings. The Morgan fingerprint density at radius 2 is 1.40 bits per heavy atom. The van der Waals surface area contributed by atoms with Gasteiger partial charge in [0.25, 0.3) is 0 Å². The van der Waals surface area contributed by atoms with Gasteiger partial charge in [0.05, 0.1) is 0 Å². The maximum atomic E-state index is 3.88. The maximum Gasteiger partial charge on any atom is 0.0390 e. The summed E-state index contributed by atoms with van der Waals surface area (Å²) in [6.45, 7) is 7.64. The molecule has 1 N–H and O–H groups in total. The zero-order valence-corrected chi connectivity index (χ0v) is 14.2. The van der Waals surface area contributed by atoms with E-state index in [1.54, 1.807) is 6.08 Å². The summed E-state index contributed by atoms with van der Waals surface area (Å²) in [6.07, 6.45) is 5.58. The van der Waals surface area contributed by atoms with Gasteiger partial charge in [0, 0.05) is 11.4 Å². The van der Waals surface area contributed by atoms with Gasteiger partial charge in [0.1, 0.15) is 0 Å². The highest BCUT2D eigenvalue weighted by molar-refractivity contribution is 5.78. The number of hydrogen-bond acceptors (Lipinski definition) is 1. The molecular weight excluding hydrogens is 302 g/mol. The quantitative estimate of drug-likeness (QED) is 0.489. The number of hydrogen-bond donors (Lipinski definition) is 1. The Morgan fingerprint density at radius 1 is 0.720 bits per heavy atom. The molecule has 0 aliphatic heterocycles. The van der Waals surface area contributed by atoms with E-state index < -0.39 is 0 Å². The topological polar surface area (TPSA) is 12.0 Å². The molecule has 0 heterocycles. The van der Waals surface area contributed by atoms with Crippen LogP contribution in [-0.4, -0.2) is 0 Å². The van der Waals surface area contributed by atoms with Crippen LogP contribution in [0.1, 0.15) is 5.56 Å². The molecule has 0 radical (unpaired) electrons. The van der Waals surface area contributed by atoms with Crippen molar-refractivity contribution >= 4 is 16.9 Å². The van der Waals surface area contributed by atoms with Gasteiger partial charge in [0.2, 0.25) is 0 Å². The summed E-state index contributed by atoms with van der Waals surface area (Å²) < 4.78 is 0. The van der Waals surface area contributed by atoms with Gasteiger partial charge in [-0.1, -0.05) is 86.0 Å². The number of benzene rings is 3. The van der Waals surface area contributed by atoms with Crippen molar-refractivity contribution < 1.29 is 0 Å². The summed E-state index contributed by atoms with van der Waals surface area (Å²) in [5.74, 6) is 0. The van der Waals surface area contributed by atoms with Crippen molar-refractivity contribution in [2.24, 2.45) is 0 Å². The highest BCUT2D eigenvalue weighted by Gasteiger charge is 2.02. The largest absolute Gasteiger partial charge is 0.355 e. The van der Waals surface area contributed by atoms with Crippen molar-refractivity contribution in [1.29, 1.82) is 0 Å². The van der Waals surface area contributed by atoms with Gasteiger partial charge in [-0.25, -0.2) is 0 Å². The van der Waals surface area contributed by atoms with Crippen molar-refractivity contribution in [3.63, 3.8) is 0 Å². The summed E-state index contributed by atoms with van der Waals surface area (Å²) in [5, 5.41) is 3.49. The lowest BCUT2D eigenvalue weighted by Gasteiger charge is -2.11. The minimum absolute atomic E-state index is 1.04. The molecule has 1 heteroatoms. The zero-order chi connectivity index (χ0) is 17.5. The minimum atomic E-state index is 1.04. The zero-order valence-electron chi connectivity index (χ0n) is 14.2. The van der Waals surface area contributed by atoms with Crippen LogP contribution in [0.15, 0.2) is 110 Å². The Kier molecular flexibility index (Phi) is 5.28. The molecule has 0 spiro atoms. The van der Waals surface area contributed by atoms with Crippen LogP contribution in [0, 0.1) is 0 Å². The van der Waals surface area contributed by atoms with Gasteiger partial charge in [-0.2, -0.15) is 0 Å². The first-order valence-corrected chi connectivity index (χ1v) is 8.28. The highest BCUT2D eigenvalue weighted by atomic mass is 14.9. The Bertz CT molecular complexity index is 904. The number of nitrogens with one attached hydrogen (secondary N) is 1. The normalized spacial score (nSPS) is 11.0. The van der Waals surface area contributed by atoms with Crippen molar-refractivity contribution in [2.75, 3.05) is 5.32 Å². The van der Waals surface area contributed by atoms with Gasteiger partial charge in [-0.05, 0) is 46.5 Å². The third-order valence-electron chi connectivity index (χ3n) is 3.97. The summed E-state index contributed by atoms with van der Waals surface area (Å²) in [7, 11) is 0. The number of anilines is 2. The Balaban J connectivity index is 1.87. The second-order valence-corrected chi connectivity index (χ2v) is 5.71. The van der Waals surface area contributed by atoms with Crippen LogP contribution in [0.5, 0.6) is 0 Å². The van der Waals surface area contributed by atoms with Crippen LogP contribution in [0.4, 0.5) is 11.4 Å². The van der Waals surface area contributed by atoms with Crippen LogP contribution in [0.2, 0.25) is 0 Å². The molecule has 0 aliphatic carbocycles. The predicted octanol–water partition coefficient (Wildman–Crippen LogP) is 6.85. The predicted molar refractivity (Wildman–Crippen MR) is 110 cm³/mol. The maximum absolute atomic E-state index is 3.88. The molecule has 25 heavy (non-hydrogen) atoms. The average Bonchev–Trinajstić information content (AvgIpc) is 2.67. The lowest BCUT2D eigenvalue weighted by molar-refractivity contribution is 1.52. The van der Waals surface area contributed by atoms with Crippen molar-refractivity contribution in [2.45, 2.75) is 0 Å². The van der Waals surface area contributed by atoms with Gasteiger partial charge in [-0.15, -0.1) is 0 Å². The molecule has 0 saturated carbocycles. The highest BCUT2D eigenvalue weighted by Crippen LogP contribution is 2.26. The second kappa shape index (κ2) is 7.98. The summed E-state index contributed by atoms with van der Waals surface area (Å²) in [5.41, 5.74) is 6.67. The summed E-state index contributed by atoms with van der Waals surface area (Å²) in [4.78, 5) is 0. The van der Waals surface area contributed by atoms with Crippen LogP contribution in [0.3, 0.4) is 0 Å². The van der Waals surface area contributed by atoms with Crippen LogP contribution in [0.25, 0.3) is 16.7 Å². The molecule has 0 atom stereocenters. The Labute approximate surface area is 149 Å². The molecule has 0 saturated heterocycles. The van der Waals surface area contributed by atoms with Gasteiger partial charge >= 0.3 is 0 Å². The average molecular weight is 323 g/mol. The first kappa shape index (κ1) is 16.5. The van der Waals surface area contributed by atoms with E-state index in [4.69, 9.17) is 0 Å². The van der Waals surface area contributed by atoms with E-state index in [1.165, 1.54) is 11.1 Å². The van der Waals surface area contributed by atoms with Gasteiger partial charge in [0.15, 0.2) is 0 Å². The Morgan fingerprint density at radius 3 is 2.12 bits per heavy atom. The fourth-order valence-electron chi connectivity index (χ4n) is 2.76. The fraction of sp³-hybridized carbons (Fsp3) is 0. The van der Waals surface area contributed by atoms with E-state index in [2.05, 4.69) is 85.2 Å². The van der Waals surface area contributed by atoms with Crippen LogP contribution in [-0.2, 0) is 0 Å². The van der Waals surface area contributed by atoms with E-state index in [1.807, 2.05) is 24.3 Å². The lowest BCUT2D eigenvalue weighted by atomic mass is 10.0. The molecule has 0 bridgehead atoms. The molecule has 0 fully saturated rings. The molecule has 3 rings (SSSR count). The van der Waals surface area contributed by atoms with Crippen molar-refractivity contribution in [1.82, 2.24) is 0 Å². The SMILES string of the molecule is C=C/C=C(\C=C)c1cccc(Nc2cccc(-c3ccccc3)c2)c1. The summed E-state index contributed by atoms with van der Waals surface area (Å²) in [6, 6.07) is 27.1. The third-order valence-corrected chi connectivity index (χ3v) is 3.97. The molecule has 122 valence electrons. The van der Waals surface area contributed by atoms with Gasteiger partial charge < -0.3 is 5.32 Å². The fourth-order valence-corrected chi connectivity index (χ4v) is 2.76. The summed E-state index contributed by atoms with van der Waals surface area (Å²) >= 11 is 0. The van der Waals surface area contributed by atoms with Gasteiger partial charge in [-0.3, -0.25) is 0 Å². The van der Waals surface area contributed by atoms with E-state index in [0.717, 1.165) is 22.5 Å². The van der Waals surface area contributed by atoms with E-state index in [-0.39, 0.29) is 0 Å². The minimum Gasteiger partial charge on any atom is -0.355 e. The van der Waals surface area contributed by atoms with Crippen molar-refractivity contribution in [3.05, 3.63) is 116 Å². The first-order valence-electron chi connectivity index (χ1n) is 8.28. The van der Waals surface area contributed by atoms with E-state index in [9.17, 15) is 0 Å². The molecular formula is C24H21N.